The number of anilines is 1. The smallest absolute Gasteiger partial charge is 0.226 e. The van der Waals surface area contributed by atoms with E-state index in [0.717, 1.165) is 31.2 Å². The number of carbonyl (C=O) groups is 2. The summed E-state index contributed by atoms with van der Waals surface area (Å²) in [6.45, 7) is 2.31. The van der Waals surface area contributed by atoms with Crippen LogP contribution in [0.1, 0.15) is 37.7 Å². The highest BCUT2D eigenvalue weighted by atomic mass is 35.5. The SMILES string of the molecule is Cc1ccc(NC(=O)CCNC(=O)C2CCCC2)c(Cl)c1. The molecule has 21 heavy (non-hydrogen) atoms. The molecule has 0 aliphatic heterocycles. The minimum Gasteiger partial charge on any atom is -0.355 e. The molecule has 1 saturated carbocycles. The van der Waals surface area contributed by atoms with E-state index in [1.54, 1.807) is 12.1 Å². The van der Waals surface area contributed by atoms with E-state index in [9.17, 15) is 9.59 Å². The minimum atomic E-state index is -0.146. The number of aryl methyl sites for hydroxylation is 1. The quantitative estimate of drug-likeness (QED) is 0.877. The molecule has 0 atom stereocenters. The lowest BCUT2D eigenvalue weighted by Gasteiger charge is -2.11. The first-order chi connectivity index (χ1) is 10.1. The molecule has 1 aliphatic rings. The second-order valence-corrected chi connectivity index (χ2v) is 5.96. The summed E-state index contributed by atoms with van der Waals surface area (Å²) < 4.78 is 0. The topological polar surface area (TPSA) is 58.2 Å². The van der Waals surface area contributed by atoms with Crippen LogP contribution in [0.2, 0.25) is 5.02 Å². The molecule has 1 fully saturated rings. The molecule has 2 N–H and O–H groups in total. The fourth-order valence-electron chi connectivity index (χ4n) is 2.57. The summed E-state index contributed by atoms with van der Waals surface area (Å²) >= 11 is 6.06. The highest BCUT2D eigenvalue weighted by Crippen LogP contribution is 2.24. The van der Waals surface area contributed by atoms with Crippen LogP contribution in [0.4, 0.5) is 5.69 Å². The van der Waals surface area contributed by atoms with Crippen molar-refractivity contribution in [3.8, 4) is 0 Å². The normalized spacial score (nSPS) is 15.0. The lowest BCUT2D eigenvalue weighted by atomic mass is 10.1. The Labute approximate surface area is 130 Å². The van der Waals surface area contributed by atoms with Gasteiger partial charge in [-0.15, -0.1) is 0 Å². The number of halogens is 1. The van der Waals surface area contributed by atoms with Crippen LogP contribution >= 0.6 is 11.6 Å². The number of hydrogen-bond donors (Lipinski definition) is 2. The molecule has 0 aromatic heterocycles. The third kappa shape index (κ3) is 4.74. The van der Waals surface area contributed by atoms with Crippen molar-refractivity contribution in [3.63, 3.8) is 0 Å². The summed E-state index contributed by atoms with van der Waals surface area (Å²) in [5.74, 6) is 0.0701. The van der Waals surface area contributed by atoms with Gasteiger partial charge in [0, 0.05) is 18.9 Å². The summed E-state index contributed by atoms with van der Waals surface area (Å²) in [4.78, 5) is 23.6. The fraction of sp³-hybridized carbons (Fsp3) is 0.500. The summed E-state index contributed by atoms with van der Waals surface area (Å²) in [5.41, 5.74) is 1.65. The Morgan fingerprint density at radius 3 is 2.67 bits per heavy atom. The largest absolute Gasteiger partial charge is 0.355 e. The first kappa shape index (κ1) is 15.8. The second-order valence-electron chi connectivity index (χ2n) is 5.55. The van der Waals surface area contributed by atoms with Crippen molar-refractivity contribution in [2.24, 2.45) is 5.92 Å². The molecule has 1 aromatic rings. The lowest BCUT2D eigenvalue weighted by Crippen LogP contribution is -2.32. The first-order valence-electron chi connectivity index (χ1n) is 7.40. The zero-order valence-electron chi connectivity index (χ0n) is 12.2. The third-order valence-electron chi connectivity index (χ3n) is 3.78. The van der Waals surface area contributed by atoms with Crippen LogP contribution in [0, 0.1) is 12.8 Å². The van der Waals surface area contributed by atoms with E-state index in [4.69, 9.17) is 11.6 Å². The van der Waals surface area contributed by atoms with E-state index in [2.05, 4.69) is 10.6 Å². The zero-order valence-corrected chi connectivity index (χ0v) is 13.0. The number of nitrogens with one attached hydrogen (secondary N) is 2. The third-order valence-corrected chi connectivity index (χ3v) is 4.09. The van der Waals surface area contributed by atoms with Crippen molar-refractivity contribution < 1.29 is 9.59 Å². The van der Waals surface area contributed by atoms with Crippen molar-refractivity contribution in [1.29, 1.82) is 0 Å². The molecule has 2 rings (SSSR count). The number of amides is 2. The Bertz CT molecular complexity index is 525. The Kier molecular flexibility index (Phi) is 5.62. The van der Waals surface area contributed by atoms with Crippen molar-refractivity contribution in [2.75, 3.05) is 11.9 Å². The molecular formula is C16H21ClN2O2. The summed E-state index contributed by atoms with van der Waals surface area (Å²) in [6.07, 6.45) is 4.45. The predicted octanol–water partition coefficient (Wildman–Crippen LogP) is 3.28. The summed E-state index contributed by atoms with van der Waals surface area (Å²) in [5, 5.41) is 6.12. The van der Waals surface area contributed by atoms with Crippen LogP contribution in [0.15, 0.2) is 18.2 Å². The van der Waals surface area contributed by atoms with Crippen LogP contribution in [0.5, 0.6) is 0 Å². The maximum Gasteiger partial charge on any atom is 0.226 e. The van der Waals surface area contributed by atoms with Crippen LogP contribution in [0.3, 0.4) is 0 Å². The van der Waals surface area contributed by atoms with Gasteiger partial charge in [-0.2, -0.15) is 0 Å². The van der Waals surface area contributed by atoms with Gasteiger partial charge in [-0.1, -0.05) is 30.5 Å². The summed E-state index contributed by atoms with van der Waals surface area (Å²) in [6, 6.07) is 5.48. The van der Waals surface area contributed by atoms with Crippen molar-refractivity contribution in [1.82, 2.24) is 5.32 Å². The van der Waals surface area contributed by atoms with Gasteiger partial charge in [0.15, 0.2) is 0 Å². The average molecular weight is 309 g/mol. The Hall–Kier alpha value is -1.55. The molecule has 2 amide bonds. The van der Waals surface area contributed by atoms with Gasteiger partial charge in [-0.25, -0.2) is 0 Å². The number of hydrogen-bond acceptors (Lipinski definition) is 2. The van der Waals surface area contributed by atoms with Gasteiger partial charge in [0.1, 0.15) is 0 Å². The fourth-order valence-corrected chi connectivity index (χ4v) is 2.85. The molecular weight excluding hydrogens is 288 g/mol. The van der Waals surface area contributed by atoms with Gasteiger partial charge < -0.3 is 10.6 Å². The van der Waals surface area contributed by atoms with Crippen LogP contribution in [-0.4, -0.2) is 18.4 Å². The first-order valence-corrected chi connectivity index (χ1v) is 7.78. The van der Waals surface area contributed by atoms with Crippen molar-refractivity contribution in [3.05, 3.63) is 28.8 Å². The monoisotopic (exact) mass is 308 g/mol. The van der Waals surface area contributed by atoms with Gasteiger partial charge >= 0.3 is 0 Å². The Morgan fingerprint density at radius 2 is 2.00 bits per heavy atom. The average Bonchev–Trinajstić information content (AvgIpc) is 2.96. The molecule has 0 saturated heterocycles. The summed E-state index contributed by atoms with van der Waals surface area (Å²) in [7, 11) is 0. The van der Waals surface area contributed by atoms with Gasteiger partial charge in [0.2, 0.25) is 11.8 Å². The van der Waals surface area contributed by atoms with Crippen LogP contribution in [0.25, 0.3) is 0 Å². The molecule has 0 spiro atoms. The lowest BCUT2D eigenvalue weighted by molar-refractivity contribution is -0.124. The highest BCUT2D eigenvalue weighted by molar-refractivity contribution is 6.33. The Morgan fingerprint density at radius 1 is 1.29 bits per heavy atom. The van der Waals surface area contributed by atoms with E-state index in [1.807, 2.05) is 13.0 Å². The standard InChI is InChI=1S/C16H21ClN2O2/c1-11-6-7-14(13(17)10-11)19-15(20)8-9-18-16(21)12-4-2-3-5-12/h6-7,10,12H,2-5,8-9H2,1H3,(H,18,21)(H,19,20). The van der Waals surface area contributed by atoms with Crippen molar-refractivity contribution in [2.45, 2.75) is 39.0 Å². The Balaban J connectivity index is 1.73. The second kappa shape index (κ2) is 7.46. The van der Waals surface area contributed by atoms with Gasteiger partial charge in [-0.3, -0.25) is 9.59 Å². The van der Waals surface area contributed by atoms with E-state index >= 15 is 0 Å². The molecule has 114 valence electrons. The van der Waals surface area contributed by atoms with Gasteiger partial charge in [-0.05, 0) is 37.5 Å². The van der Waals surface area contributed by atoms with Gasteiger partial charge in [0.25, 0.3) is 0 Å². The van der Waals surface area contributed by atoms with Crippen LogP contribution in [-0.2, 0) is 9.59 Å². The zero-order chi connectivity index (χ0) is 15.2. The number of carbonyl (C=O) groups excluding carboxylic acids is 2. The van der Waals surface area contributed by atoms with E-state index in [1.165, 1.54) is 0 Å². The molecule has 0 radical (unpaired) electrons. The molecule has 5 heteroatoms. The van der Waals surface area contributed by atoms with Crippen molar-refractivity contribution >= 4 is 29.1 Å². The molecule has 1 aliphatic carbocycles. The predicted molar refractivity (Wildman–Crippen MR) is 84.4 cm³/mol. The molecule has 0 heterocycles. The number of benzene rings is 1. The maximum absolute atomic E-state index is 11.8. The number of rotatable bonds is 5. The van der Waals surface area contributed by atoms with E-state index in [-0.39, 0.29) is 24.2 Å². The molecule has 0 unspecified atom stereocenters. The maximum atomic E-state index is 11.8. The van der Waals surface area contributed by atoms with E-state index < -0.39 is 0 Å². The van der Waals surface area contributed by atoms with Crippen LogP contribution < -0.4 is 10.6 Å². The highest BCUT2D eigenvalue weighted by Gasteiger charge is 2.22. The molecule has 4 nitrogen and oxygen atoms in total. The van der Waals surface area contributed by atoms with E-state index in [0.29, 0.717) is 17.3 Å². The molecule has 1 aromatic carbocycles. The minimum absolute atomic E-state index is 0.0775. The van der Waals surface area contributed by atoms with Gasteiger partial charge in [0.05, 0.1) is 10.7 Å². The molecule has 0 bridgehead atoms.